The van der Waals surface area contributed by atoms with Crippen molar-refractivity contribution in [3.63, 3.8) is 0 Å². The zero-order valence-electron chi connectivity index (χ0n) is 13.8. The van der Waals surface area contributed by atoms with Crippen molar-refractivity contribution in [2.75, 3.05) is 14.2 Å². The van der Waals surface area contributed by atoms with Crippen molar-refractivity contribution in [1.29, 1.82) is 0 Å². The minimum Gasteiger partial charge on any atom is -0.493 e. The number of rotatable bonds is 8. The predicted octanol–water partition coefficient (Wildman–Crippen LogP) is 4.65. The summed E-state index contributed by atoms with van der Waals surface area (Å²) in [4.78, 5) is 0. The molecule has 2 rings (SSSR count). The summed E-state index contributed by atoms with van der Waals surface area (Å²) in [6, 6.07) is 15.0. The highest BCUT2D eigenvalue weighted by molar-refractivity contribution is 5.42. The van der Waals surface area contributed by atoms with Gasteiger partial charge in [-0.05, 0) is 60.9 Å². The summed E-state index contributed by atoms with van der Waals surface area (Å²) in [7, 11) is 3.34. The summed E-state index contributed by atoms with van der Waals surface area (Å²) >= 11 is 0. The fourth-order valence-electron chi connectivity index (χ4n) is 2.48. The van der Waals surface area contributed by atoms with E-state index in [9.17, 15) is 0 Å². The van der Waals surface area contributed by atoms with Crippen molar-refractivity contribution in [1.82, 2.24) is 0 Å². The Balaban J connectivity index is 1.80. The Bertz CT molecular complexity index is 573. The first kappa shape index (κ1) is 16.4. The first-order valence-corrected chi connectivity index (χ1v) is 7.87. The molecule has 0 fully saturated rings. The predicted molar refractivity (Wildman–Crippen MR) is 91.7 cm³/mol. The van der Waals surface area contributed by atoms with E-state index in [0.717, 1.165) is 37.2 Å². The van der Waals surface area contributed by atoms with Crippen LogP contribution in [0.25, 0.3) is 0 Å². The molecule has 2 aromatic carbocycles. The number of unbranched alkanes of at least 4 members (excludes halogenated alkanes) is 1. The Morgan fingerprint density at radius 2 is 1.45 bits per heavy atom. The molecule has 117 valence electrons. The molecule has 0 heterocycles. The molecule has 0 saturated heterocycles. The van der Waals surface area contributed by atoms with Crippen LogP contribution in [-0.2, 0) is 19.3 Å². The van der Waals surface area contributed by atoms with Crippen LogP contribution >= 0.6 is 0 Å². The van der Waals surface area contributed by atoms with Crippen LogP contribution in [0.1, 0.15) is 30.0 Å². The van der Waals surface area contributed by atoms with Gasteiger partial charge in [0.25, 0.3) is 0 Å². The van der Waals surface area contributed by atoms with E-state index < -0.39 is 0 Å². The molecule has 0 aliphatic carbocycles. The van der Waals surface area contributed by atoms with E-state index in [4.69, 9.17) is 9.47 Å². The van der Waals surface area contributed by atoms with E-state index in [-0.39, 0.29) is 0 Å². The number of benzene rings is 2. The SMILES string of the molecule is CCc1ccc(C[CH]CCc2ccc(OC)c(OC)c2)cc1. The van der Waals surface area contributed by atoms with Crippen LogP contribution in [0.5, 0.6) is 11.5 Å². The third kappa shape index (κ3) is 4.52. The van der Waals surface area contributed by atoms with Crippen LogP contribution in [0.3, 0.4) is 0 Å². The maximum atomic E-state index is 5.34. The molecule has 0 unspecified atom stereocenters. The maximum absolute atomic E-state index is 5.34. The highest BCUT2D eigenvalue weighted by atomic mass is 16.5. The topological polar surface area (TPSA) is 18.5 Å². The van der Waals surface area contributed by atoms with Crippen molar-refractivity contribution in [2.24, 2.45) is 0 Å². The largest absolute Gasteiger partial charge is 0.493 e. The normalized spacial score (nSPS) is 10.5. The van der Waals surface area contributed by atoms with Gasteiger partial charge in [-0.25, -0.2) is 0 Å². The number of ether oxygens (including phenoxy) is 2. The maximum Gasteiger partial charge on any atom is 0.160 e. The Morgan fingerprint density at radius 1 is 0.818 bits per heavy atom. The number of aryl methyl sites for hydroxylation is 2. The van der Waals surface area contributed by atoms with E-state index in [1.807, 2.05) is 6.07 Å². The van der Waals surface area contributed by atoms with Gasteiger partial charge in [0.2, 0.25) is 0 Å². The molecular formula is C20H25O2. The molecule has 0 aromatic heterocycles. The van der Waals surface area contributed by atoms with Crippen molar-refractivity contribution < 1.29 is 9.47 Å². The molecule has 0 amide bonds. The molecule has 2 aromatic rings. The van der Waals surface area contributed by atoms with Gasteiger partial charge >= 0.3 is 0 Å². The highest BCUT2D eigenvalue weighted by Gasteiger charge is 2.04. The third-order valence-electron chi connectivity index (χ3n) is 3.90. The standard InChI is InChI=1S/C20H25O2/c1-4-16-9-11-17(12-10-16)7-5-6-8-18-13-14-19(21-2)20(15-18)22-3/h5,9-15H,4,6-8H2,1-3H3. The van der Waals surface area contributed by atoms with Crippen LogP contribution in [0.15, 0.2) is 42.5 Å². The summed E-state index contributed by atoms with van der Waals surface area (Å²) in [6.45, 7) is 2.18. The second-order valence-corrected chi connectivity index (χ2v) is 5.39. The van der Waals surface area contributed by atoms with Gasteiger partial charge < -0.3 is 9.47 Å². The second-order valence-electron chi connectivity index (χ2n) is 5.39. The van der Waals surface area contributed by atoms with E-state index in [1.54, 1.807) is 14.2 Å². The number of hydrogen-bond acceptors (Lipinski definition) is 2. The van der Waals surface area contributed by atoms with Gasteiger partial charge in [0.1, 0.15) is 0 Å². The zero-order chi connectivity index (χ0) is 15.8. The lowest BCUT2D eigenvalue weighted by Gasteiger charge is -2.09. The first-order chi connectivity index (χ1) is 10.8. The quantitative estimate of drug-likeness (QED) is 0.661. The van der Waals surface area contributed by atoms with Gasteiger partial charge in [-0.3, -0.25) is 0 Å². The fourth-order valence-corrected chi connectivity index (χ4v) is 2.48. The van der Waals surface area contributed by atoms with Crippen LogP contribution in [0, 0.1) is 6.42 Å². The number of methoxy groups -OCH3 is 2. The average molecular weight is 297 g/mol. The molecule has 0 spiro atoms. The molecule has 0 aliphatic rings. The van der Waals surface area contributed by atoms with Crippen LogP contribution in [0.2, 0.25) is 0 Å². The van der Waals surface area contributed by atoms with Crippen molar-refractivity contribution in [2.45, 2.75) is 32.6 Å². The van der Waals surface area contributed by atoms with Gasteiger partial charge in [0.15, 0.2) is 11.5 Å². The molecule has 0 bridgehead atoms. The van der Waals surface area contributed by atoms with Crippen LogP contribution < -0.4 is 9.47 Å². The first-order valence-electron chi connectivity index (χ1n) is 7.87. The van der Waals surface area contributed by atoms with Gasteiger partial charge in [-0.2, -0.15) is 0 Å². The molecule has 0 atom stereocenters. The smallest absolute Gasteiger partial charge is 0.160 e. The second kappa shape index (κ2) is 8.47. The summed E-state index contributed by atoms with van der Waals surface area (Å²) in [6.07, 6.45) is 6.55. The number of hydrogen-bond donors (Lipinski definition) is 0. The van der Waals surface area contributed by atoms with Crippen molar-refractivity contribution >= 4 is 0 Å². The van der Waals surface area contributed by atoms with E-state index in [1.165, 1.54) is 16.7 Å². The average Bonchev–Trinajstić information content (AvgIpc) is 2.59. The molecular weight excluding hydrogens is 272 g/mol. The Morgan fingerprint density at radius 3 is 2.09 bits per heavy atom. The van der Waals surface area contributed by atoms with Gasteiger partial charge in [-0.15, -0.1) is 0 Å². The zero-order valence-corrected chi connectivity index (χ0v) is 13.8. The third-order valence-corrected chi connectivity index (χ3v) is 3.90. The fraction of sp³-hybridized carbons (Fsp3) is 0.350. The Hall–Kier alpha value is -1.96. The molecule has 0 saturated carbocycles. The monoisotopic (exact) mass is 297 g/mol. The minimum atomic E-state index is 0.784. The van der Waals surface area contributed by atoms with E-state index >= 15 is 0 Å². The van der Waals surface area contributed by atoms with Gasteiger partial charge in [0.05, 0.1) is 14.2 Å². The van der Waals surface area contributed by atoms with Crippen molar-refractivity contribution in [3.8, 4) is 11.5 Å². The minimum absolute atomic E-state index is 0.784. The lowest BCUT2D eigenvalue weighted by atomic mass is 10.0. The Kier molecular flexibility index (Phi) is 6.32. The highest BCUT2D eigenvalue weighted by Crippen LogP contribution is 2.28. The molecule has 0 N–H and O–H groups in total. The molecule has 2 heteroatoms. The molecule has 2 nitrogen and oxygen atoms in total. The summed E-state index contributed by atoms with van der Waals surface area (Å²) in [5, 5.41) is 0. The molecule has 0 aliphatic heterocycles. The van der Waals surface area contributed by atoms with E-state index in [2.05, 4.69) is 49.7 Å². The Labute approximate surface area is 134 Å². The summed E-state index contributed by atoms with van der Waals surface area (Å²) in [5.74, 6) is 1.58. The molecule has 22 heavy (non-hydrogen) atoms. The molecule has 1 radical (unpaired) electrons. The summed E-state index contributed by atoms with van der Waals surface area (Å²) < 4.78 is 10.6. The van der Waals surface area contributed by atoms with E-state index in [0.29, 0.717) is 0 Å². The lowest BCUT2D eigenvalue weighted by Crippen LogP contribution is -1.94. The van der Waals surface area contributed by atoms with Gasteiger partial charge in [-0.1, -0.05) is 37.3 Å². The summed E-state index contributed by atoms with van der Waals surface area (Å²) in [5.41, 5.74) is 4.05. The van der Waals surface area contributed by atoms with Crippen LogP contribution in [-0.4, -0.2) is 14.2 Å². The van der Waals surface area contributed by atoms with Crippen molar-refractivity contribution in [3.05, 3.63) is 65.6 Å². The van der Waals surface area contributed by atoms with Gasteiger partial charge in [0, 0.05) is 0 Å². The van der Waals surface area contributed by atoms with Crippen LogP contribution in [0.4, 0.5) is 0 Å². The lowest BCUT2D eigenvalue weighted by molar-refractivity contribution is 0.354.